The van der Waals surface area contributed by atoms with E-state index in [1.807, 2.05) is 4.57 Å². The van der Waals surface area contributed by atoms with Gasteiger partial charge in [0.2, 0.25) is 0 Å². The Bertz CT molecular complexity index is 691. The van der Waals surface area contributed by atoms with Gasteiger partial charge in [0, 0.05) is 37.3 Å². The number of rotatable bonds is 1. The molecule has 0 unspecified atom stereocenters. The molecule has 0 fully saturated rings. The Labute approximate surface area is 125 Å². The van der Waals surface area contributed by atoms with Crippen molar-refractivity contribution in [1.82, 2.24) is 14.5 Å². The average Bonchev–Trinajstić information content (AvgIpc) is 2.70. The van der Waals surface area contributed by atoms with Crippen LogP contribution >= 0.6 is 11.6 Å². The fraction of sp³-hybridized carbons (Fsp3) is 0.500. The van der Waals surface area contributed by atoms with Gasteiger partial charge >= 0.3 is 6.18 Å². The van der Waals surface area contributed by atoms with Crippen molar-refractivity contribution < 1.29 is 13.2 Å². The van der Waals surface area contributed by atoms with E-state index in [9.17, 15) is 13.2 Å². The van der Waals surface area contributed by atoms with E-state index in [1.165, 1.54) is 0 Å². The molecule has 114 valence electrons. The molecule has 3 nitrogen and oxygen atoms in total. The van der Waals surface area contributed by atoms with Crippen LogP contribution in [0.1, 0.15) is 25.1 Å². The predicted molar refractivity (Wildman–Crippen MR) is 75.3 cm³/mol. The van der Waals surface area contributed by atoms with Gasteiger partial charge in [-0.1, -0.05) is 11.6 Å². The minimum Gasteiger partial charge on any atom is -0.326 e. The summed E-state index contributed by atoms with van der Waals surface area (Å²) in [6.45, 7) is 6.34. The zero-order chi connectivity index (χ0) is 15.4. The van der Waals surface area contributed by atoms with Crippen molar-refractivity contribution >= 4 is 22.6 Å². The molecule has 1 aliphatic heterocycles. The number of hydrogen-bond donors (Lipinski definition) is 0. The largest absolute Gasteiger partial charge is 0.417 e. The zero-order valence-electron chi connectivity index (χ0n) is 11.7. The third kappa shape index (κ3) is 2.40. The fourth-order valence-corrected chi connectivity index (χ4v) is 3.03. The van der Waals surface area contributed by atoms with Crippen LogP contribution in [-0.4, -0.2) is 27.0 Å². The summed E-state index contributed by atoms with van der Waals surface area (Å²) < 4.78 is 40.3. The maximum Gasteiger partial charge on any atom is 0.417 e. The lowest BCUT2D eigenvalue weighted by Crippen LogP contribution is -2.38. The number of nitrogens with zero attached hydrogens (tertiary/aromatic N) is 3. The molecule has 0 saturated carbocycles. The predicted octanol–water partition coefficient (Wildman–Crippen LogP) is 3.93. The number of hydrogen-bond acceptors (Lipinski definition) is 2. The van der Waals surface area contributed by atoms with Crippen LogP contribution in [0, 0.1) is 0 Å². The molecule has 21 heavy (non-hydrogen) atoms. The van der Waals surface area contributed by atoms with E-state index >= 15 is 0 Å². The van der Waals surface area contributed by atoms with Crippen LogP contribution in [0.25, 0.3) is 11.0 Å². The molecular formula is C14H15ClF3N3. The van der Waals surface area contributed by atoms with Gasteiger partial charge in [0.1, 0.15) is 5.65 Å². The van der Waals surface area contributed by atoms with Crippen molar-refractivity contribution in [3.05, 3.63) is 28.5 Å². The van der Waals surface area contributed by atoms with Gasteiger partial charge in [-0.3, -0.25) is 4.90 Å². The van der Waals surface area contributed by atoms with Crippen molar-refractivity contribution in [2.24, 2.45) is 0 Å². The number of aromatic nitrogens is 2. The number of halogens is 4. The summed E-state index contributed by atoms with van der Waals surface area (Å²) in [6.07, 6.45) is -3.53. The molecule has 0 bridgehead atoms. The lowest BCUT2D eigenvalue weighted by atomic mass is 10.2. The topological polar surface area (TPSA) is 21.1 Å². The Morgan fingerprint density at radius 2 is 2.00 bits per heavy atom. The van der Waals surface area contributed by atoms with Crippen molar-refractivity contribution in [2.75, 3.05) is 6.54 Å². The highest BCUT2D eigenvalue weighted by Gasteiger charge is 2.33. The lowest BCUT2D eigenvalue weighted by molar-refractivity contribution is -0.137. The second-order valence-corrected chi connectivity index (χ2v) is 5.95. The first-order valence-corrected chi connectivity index (χ1v) is 7.14. The van der Waals surface area contributed by atoms with Gasteiger partial charge in [0.05, 0.1) is 16.3 Å². The van der Waals surface area contributed by atoms with E-state index in [1.54, 1.807) is 0 Å². The molecule has 0 aliphatic carbocycles. The summed E-state index contributed by atoms with van der Waals surface area (Å²) in [4.78, 5) is 6.23. The minimum absolute atomic E-state index is 0.367. The second kappa shape index (κ2) is 4.88. The summed E-state index contributed by atoms with van der Waals surface area (Å²) in [5.74, 6) is 0. The Hall–Kier alpha value is -1.27. The summed E-state index contributed by atoms with van der Waals surface area (Å²) >= 11 is 6.31. The van der Waals surface area contributed by atoms with Crippen molar-refractivity contribution in [2.45, 2.75) is 39.2 Å². The van der Waals surface area contributed by atoms with Gasteiger partial charge in [-0.2, -0.15) is 13.2 Å². The van der Waals surface area contributed by atoms with Gasteiger partial charge in [-0.15, -0.1) is 0 Å². The molecule has 0 aromatic carbocycles. The van der Waals surface area contributed by atoms with E-state index in [2.05, 4.69) is 23.7 Å². The molecule has 0 radical (unpaired) electrons. The summed E-state index contributed by atoms with van der Waals surface area (Å²) in [5, 5.41) is 0.765. The highest BCUT2D eigenvalue weighted by atomic mass is 35.5. The molecular weight excluding hydrogens is 303 g/mol. The second-order valence-electron chi connectivity index (χ2n) is 5.57. The normalized spacial score (nSPS) is 16.7. The Morgan fingerprint density at radius 1 is 1.29 bits per heavy atom. The van der Waals surface area contributed by atoms with E-state index in [4.69, 9.17) is 11.6 Å². The monoisotopic (exact) mass is 317 g/mol. The first-order chi connectivity index (χ1) is 9.79. The lowest BCUT2D eigenvalue weighted by Gasteiger charge is -2.31. The Kier molecular flexibility index (Phi) is 3.41. The van der Waals surface area contributed by atoms with Crippen LogP contribution in [0.2, 0.25) is 5.02 Å². The summed E-state index contributed by atoms with van der Waals surface area (Å²) in [6, 6.07) is 1.46. The fourth-order valence-electron chi connectivity index (χ4n) is 2.73. The Morgan fingerprint density at radius 3 is 2.62 bits per heavy atom. The highest BCUT2D eigenvalue weighted by molar-refractivity contribution is 6.36. The molecule has 7 heteroatoms. The maximum atomic E-state index is 12.8. The first kappa shape index (κ1) is 14.7. The van der Waals surface area contributed by atoms with Crippen LogP contribution in [0.15, 0.2) is 12.3 Å². The van der Waals surface area contributed by atoms with Crippen molar-refractivity contribution in [1.29, 1.82) is 0 Å². The van der Waals surface area contributed by atoms with Crippen molar-refractivity contribution in [3.8, 4) is 0 Å². The van der Waals surface area contributed by atoms with Gasteiger partial charge in [0.25, 0.3) is 0 Å². The van der Waals surface area contributed by atoms with E-state index in [0.717, 1.165) is 24.5 Å². The zero-order valence-corrected chi connectivity index (χ0v) is 12.5. The van der Waals surface area contributed by atoms with Gasteiger partial charge < -0.3 is 4.57 Å². The van der Waals surface area contributed by atoms with Crippen LogP contribution in [0.4, 0.5) is 13.2 Å². The number of fused-ring (bicyclic) bond motifs is 3. The summed E-state index contributed by atoms with van der Waals surface area (Å²) in [5.41, 5.74) is 0.616. The van der Waals surface area contributed by atoms with Gasteiger partial charge in [0.15, 0.2) is 0 Å². The molecule has 0 N–H and O–H groups in total. The Balaban J connectivity index is 2.13. The molecule has 0 saturated heterocycles. The molecule has 2 aromatic heterocycles. The van der Waals surface area contributed by atoms with E-state index in [0.29, 0.717) is 35.2 Å². The van der Waals surface area contributed by atoms with Crippen LogP contribution in [0.3, 0.4) is 0 Å². The van der Waals surface area contributed by atoms with Crippen molar-refractivity contribution in [3.63, 3.8) is 0 Å². The molecule has 0 atom stereocenters. The molecule has 2 aromatic rings. The molecule has 3 heterocycles. The van der Waals surface area contributed by atoms with Crippen LogP contribution in [-0.2, 0) is 19.3 Å². The minimum atomic E-state index is -4.41. The van der Waals surface area contributed by atoms with E-state index in [-0.39, 0.29) is 0 Å². The molecule has 1 aliphatic rings. The molecule has 3 rings (SSSR count). The summed E-state index contributed by atoms with van der Waals surface area (Å²) in [7, 11) is 0. The first-order valence-electron chi connectivity index (χ1n) is 6.77. The van der Waals surface area contributed by atoms with E-state index < -0.39 is 11.7 Å². The number of pyridine rings is 1. The van der Waals surface area contributed by atoms with Gasteiger partial charge in [-0.05, 0) is 19.9 Å². The molecule has 0 spiro atoms. The average molecular weight is 318 g/mol. The van der Waals surface area contributed by atoms with Gasteiger partial charge in [-0.25, -0.2) is 4.98 Å². The molecule has 0 amide bonds. The highest BCUT2D eigenvalue weighted by Crippen LogP contribution is 2.36. The quantitative estimate of drug-likeness (QED) is 0.794. The third-order valence-corrected chi connectivity index (χ3v) is 4.38. The third-order valence-electron chi connectivity index (χ3n) is 3.96. The SMILES string of the molecule is CC(C)N1CCn2c(c(Cl)c3cc(C(F)(F)F)cnc32)C1. The maximum absolute atomic E-state index is 12.8. The van der Waals surface area contributed by atoms with Crippen LogP contribution in [0.5, 0.6) is 0 Å². The smallest absolute Gasteiger partial charge is 0.326 e. The number of alkyl halides is 3. The standard InChI is InChI=1S/C14H15ClF3N3/c1-8(2)20-3-4-21-11(7-20)12(15)10-5-9(14(16,17)18)6-19-13(10)21/h5-6,8H,3-4,7H2,1-2H3. The van der Waals surface area contributed by atoms with Crippen LogP contribution < -0.4 is 0 Å².